The van der Waals surface area contributed by atoms with E-state index in [2.05, 4.69) is 10.3 Å². The molecule has 0 saturated heterocycles. The lowest BCUT2D eigenvalue weighted by molar-refractivity contribution is 0.101. The van der Waals surface area contributed by atoms with Crippen molar-refractivity contribution in [1.29, 1.82) is 0 Å². The largest absolute Gasteiger partial charge is 0.340 e. The number of nitrogens with one attached hydrogen (secondary N) is 1. The average molecular weight is 297 g/mol. The number of carbonyl (C=O) groups is 1. The van der Waals surface area contributed by atoms with Gasteiger partial charge in [-0.25, -0.2) is 4.98 Å². The van der Waals surface area contributed by atoms with Gasteiger partial charge in [0.05, 0.1) is 0 Å². The van der Waals surface area contributed by atoms with Gasteiger partial charge in [0.25, 0.3) is 0 Å². The number of hydrogen-bond acceptors (Lipinski definition) is 3. The first kappa shape index (κ1) is 13.6. The molecule has 104 valence electrons. The first-order valence-corrected chi connectivity index (χ1v) is 6.93. The number of rotatable bonds is 3. The van der Waals surface area contributed by atoms with Gasteiger partial charge >= 0.3 is 0 Å². The number of Topliss-reactive ketones (excluding diaryl/α,β-unsaturated/α-hetero) is 1. The Morgan fingerprint density at radius 2 is 2.00 bits per heavy atom. The predicted molar refractivity (Wildman–Crippen MR) is 86.5 cm³/mol. The average Bonchev–Trinajstić information content (AvgIpc) is 2.48. The Bertz CT molecular complexity index is 830. The van der Waals surface area contributed by atoms with Crippen LogP contribution in [0.15, 0.2) is 54.7 Å². The summed E-state index contributed by atoms with van der Waals surface area (Å²) in [6.45, 7) is 1.55. The first-order chi connectivity index (χ1) is 10.1. The van der Waals surface area contributed by atoms with E-state index in [0.717, 1.165) is 22.3 Å². The lowest BCUT2D eigenvalue weighted by atomic mass is 10.1. The minimum Gasteiger partial charge on any atom is -0.340 e. The summed E-state index contributed by atoms with van der Waals surface area (Å²) in [4.78, 5) is 15.8. The fourth-order valence-electron chi connectivity index (χ4n) is 2.19. The van der Waals surface area contributed by atoms with Crippen molar-refractivity contribution >= 4 is 39.7 Å². The Kier molecular flexibility index (Phi) is 3.59. The number of anilines is 2. The highest BCUT2D eigenvalue weighted by molar-refractivity contribution is 6.31. The van der Waals surface area contributed by atoms with Crippen LogP contribution in [0.5, 0.6) is 0 Å². The van der Waals surface area contributed by atoms with E-state index in [4.69, 9.17) is 11.6 Å². The van der Waals surface area contributed by atoms with E-state index < -0.39 is 0 Å². The van der Waals surface area contributed by atoms with Crippen LogP contribution in [-0.4, -0.2) is 10.8 Å². The fraction of sp³-hybridized carbons (Fsp3) is 0.0588. The maximum atomic E-state index is 11.4. The highest BCUT2D eigenvalue weighted by Crippen LogP contribution is 2.27. The lowest BCUT2D eigenvalue weighted by Crippen LogP contribution is -1.97. The number of benzene rings is 2. The van der Waals surface area contributed by atoms with E-state index in [-0.39, 0.29) is 5.78 Å². The predicted octanol–water partition coefficient (Wildman–Crippen LogP) is 4.83. The zero-order chi connectivity index (χ0) is 14.8. The summed E-state index contributed by atoms with van der Waals surface area (Å²) in [5.74, 6) is 0.753. The van der Waals surface area contributed by atoms with Crippen LogP contribution >= 0.6 is 11.6 Å². The number of fused-ring (bicyclic) bond motifs is 1. The topological polar surface area (TPSA) is 42.0 Å². The Morgan fingerprint density at radius 3 is 2.81 bits per heavy atom. The SMILES string of the molecule is CC(=O)c1cccc(Nc2nccc3ccc(Cl)cc23)c1. The zero-order valence-electron chi connectivity index (χ0n) is 11.4. The smallest absolute Gasteiger partial charge is 0.159 e. The molecule has 21 heavy (non-hydrogen) atoms. The molecule has 1 aromatic heterocycles. The highest BCUT2D eigenvalue weighted by atomic mass is 35.5. The maximum Gasteiger partial charge on any atom is 0.159 e. The molecular weight excluding hydrogens is 284 g/mol. The summed E-state index contributed by atoms with van der Waals surface area (Å²) in [6.07, 6.45) is 1.74. The molecule has 3 aromatic rings. The molecule has 0 fully saturated rings. The highest BCUT2D eigenvalue weighted by Gasteiger charge is 2.05. The molecule has 0 aliphatic heterocycles. The van der Waals surface area contributed by atoms with Crippen LogP contribution in [0, 0.1) is 0 Å². The Morgan fingerprint density at radius 1 is 1.14 bits per heavy atom. The van der Waals surface area contributed by atoms with Crippen LogP contribution < -0.4 is 5.32 Å². The molecule has 3 nitrogen and oxygen atoms in total. The van der Waals surface area contributed by atoms with Gasteiger partial charge in [0, 0.05) is 27.9 Å². The molecule has 1 N–H and O–H groups in total. The normalized spacial score (nSPS) is 10.6. The molecule has 0 spiro atoms. The molecule has 1 heterocycles. The second-order valence-electron chi connectivity index (χ2n) is 4.79. The summed E-state index contributed by atoms with van der Waals surface area (Å²) in [5, 5.41) is 5.91. The van der Waals surface area contributed by atoms with E-state index >= 15 is 0 Å². The van der Waals surface area contributed by atoms with Crippen molar-refractivity contribution in [3.63, 3.8) is 0 Å². The van der Waals surface area contributed by atoms with Gasteiger partial charge in [-0.15, -0.1) is 0 Å². The third-order valence-corrected chi connectivity index (χ3v) is 3.50. The molecule has 3 rings (SSSR count). The molecule has 0 radical (unpaired) electrons. The summed E-state index contributed by atoms with van der Waals surface area (Å²) in [5.41, 5.74) is 1.49. The van der Waals surface area contributed by atoms with Crippen LogP contribution in [0.1, 0.15) is 17.3 Å². The van der Waals surface area contributed by atoms with Crippen molar-refractivity contribution in [2.75, 3.05) is 5.32 Å². The van der Waals surface area contributed by atoms with Gasteiger partial charge in [-0.3, -0.25) is 4.79 Å². The number of hydrogen-bond donors (Lipinski definition) is 1. The van der Waals surface area contributed by atoms with Gasteiger partial charge in [-0.1, -0.05) is 29.8 Å². The second kappa shape index (κ2) is 5.54. The van der Waals surface area contributed by atoms with Crippen molar-refractivity contribution in [3.8, 4) is 0 Å². The number of pyridine rings is 1. The molecule has 0 bridgehead atoms. The van der Waals surface area contributed by atoms with Crippen molar-refractivity contribution in [2.24, 2.45) is 0 Å². The molecule has 0 atom stereocenters. The molecule has 0 aliphatic carbocycles. The standard InChI is InChI=1S/C17H13ClN2O/c1-11(21)13-3-2-4-15(9-13)20-17-16-10-14(18)6-5-12(16)7-8-19-17/h2-10H,1H3,(H,19,20). The Labute approximate surface area is 127 Å². The monoisotopic (exact) mass is 296 g/mol. The molecular formula is C17H13ClN2O. The number of ketones is 1. The van der Waals surface area contributed by atoms with Gasteiger partial charge in [0.1, 0.15) is 5.82 Å². The molecule has 2 aromatic carbocycles. The second-order valence-corrected chi connectivity index (χ2v) is 5.22. The van der Waals surface area contributed by atoms with E-state index in [1.54, 1.807) is 19.2 Å². The quantitative estimate of drug-likeness (QED) is 0.704. The van der Waals surface area contributed by atoms with Gasteiger partial charge in [0.15, 0.2) is 5.78 Å². The van der Waals surface area contributed by atoms with Gasteiger partial charge in [-0.2, -0.15) is 0 Å². The molecule has 0 amide bonds. The first-order valence-electron chi connectivity index (χ1n) is 6.56. The summed E-state index contributed by atoms with van der Waals surface area (Å²) >= 11 is 6.06. The Hall–Kier alpha value is -2.39. The Balaban J connectivity index is 2.04. The van der Waals surface area contributed by atoms with Gasteiger partial charge in [-0.05, 0) is 42.6 Å². The van der Waals surface area contributed by atoms with Gasteiger partial charge < -0.3 is 5.32 Å². The molecule has 0 unspecified atom stereocenters. The number of nitrogens with zero attached hydrogens (tertiary/aromatic N) is 1. The molecule has 0 saturated carbocycles. The van der Waals surface area contributed by atoms with E-state index in [1.165, 1.54) is 0 Å². The lowest BCUT2D eigenvalue weighted by Gasteiger charge is -2.10. The third-order valence-electron chi connectivity index (χ3n) is 3.26. The van der Waals surface area contributed by atoms with Crippen molar-refractivity contribution in [2.45, 2.75) is 6.92 Å². The van der Waals surface area contributed by atoms with Crippen LogP contribution in [0.4, 0.5) is 11.5 Å². The number of aromatic nitrogens is 1. The van der Waals surface area contributed by atoms with Crippen LogP contribution in [0.25, 0.3) is 10.8 Å². The van der Waals surface area contributed by atoms with Crippen molar-refractivity contribution in [1.82, 2.24) is 4.98 Å². The van der Waals surface area contributed by atoms with Crippen LogP contribution in [-0.2, 0) is 0 Å². The van der Waals surface area contributed by atoms with Crippen LogP contribution in [0.3, 0.4) is 0 Å². The summed E-state index contributed by atoms with van der Waals surface area (Å²) < 4.78 is 0. The fourth-order valence-corrected chi connectivity index (χ4v) is 2.36. The van der Waals surface area contributed by atoms with Gasteiger partial charge in [0.2, 0.25) is 0 Å². The molecule has 0 aliphatic rings. The maximum absolute atomic E-state index is 11.4. The zero-order valence-corrected chi connectivity index (χ0v) is 12.2. The minimum atomic E-state index is 0.0348. The van der Waals surface area contributed by atoms with E-state index in [0.29, 0.717) is 10.6 Å². The number of carbonyl (C=O) groups excluding carboxylic acids is 1. The molecule has 4 heteroatoms. The van der Waals surface area contributed by atoms with E-state index in [9.17, 15) is 4.79 Å². The van der Waals surface area contributed by atoms with Crippen LogP contribution in [0.2, 0.25) is 5.02 Å². The minimum absolute atomic E-state index is 0.0348. The number of halogens is 1. The van der Waals surface area contributed by atoms with Crippen molar-refractivity contribution < 1.29 is 4.79 Å². The van der Waals surface area contributed by atoms with E-state index in [1.807, 2.05) is 42.5 Å². The third kappa shape index (κ3) is 2.88. The summed E-state index contributed by atoms with van der Waals surface area (Å²) in [6, 6.07) is 15.0. The van der Waals surface area contributed by atoms with Crippen molar-refractivity contribution in [3.05, 3.63) is 65.3 Å². The summed E-state index contributed by atoms with van der Waals surface area (Å²) in [7, 11) is 0.